The van der Waals surface area contributed by atoms with E-state index in [9.17, 15) is 9.59 Å². The zero-order chi connectivity index (χ0) is 13.8. The molecule has 2 aromatic rings. The molecule has 0 aliphatic rings. The molecule has 0 saturated carbocycles. The molecular formula is C11H10N2O4S2. The molecule has 6 nitrogen and oxygen atoms in total. The van der Waals surface area contributed by atoms with Crippen molar-refractivity contribution in [3.63, 3.8) is 0 Å². The van der Waals surface area contributed by atoms with Crippen LogP contribution in [0.25, 0.3) is 11.1 Å². The molecule has 2 rings (SSSR count). The first-order valence-electron chi connectivity index (χ1n) is 5.23. The Labute approximate surface area is 118 Å². The van der Waals surface area contributed by atoms with E-state index in [2.05, 4.69) is 22.9 Å². The molecule has 1 amide bonds. The Kier molecular flexibility index (Phi) is 4.33. The molecule has 19 heavy (non-hydrogen) atoms. The average molecular weight is 298 g/mol. The fourth-order valence-corrected chi connectivity index (χ4v) is 2.16. The fraction of sp³-hybridized carbons (Fsp3) is 0.182. The van der Waals surface area contributed by atoms with Gasteiger partial charge in [-0.15, -0.1) is 11.8 Å². The molecule has 0 fully saturated rings. The van der Waals surface area contributed by atoms with Crippen LogP contribution in [0, 0.1) is 0 Å². The number of thiol groups is 1. The molecule has 0 unspecified atom stereocenters. The van der Waals surface area contributed by atoms with Crippen LogP contribution in [-0.2, 0) is 9.59 Å². The molecule has 100 valence electrons. The first kappa shape index (κ1) is 13.8. The van der Waals surface area contributed by atoms with Crippen molar-refractivity contribution in [2.24, 2.45) is 0 Å². The molecule has 0 spiro atoms. The SMILES string of the molecule is O=C(O)CSCC(=O)Nc1ccc2oc(S)nc2c1. The summed E-state index contributed by atoms with van der Waals surface area (Å²) >= 11 is 5.03. The number of thioether (sulfide) groups is 1. The zero-order valence-electron chi connectivity index (χ0n) is 9.62. The zero-order valence-corrected chi connectivity index (χ0v) is 11.3. The highest BCUT2D eigenvalue weighted by atomic mass is 32.2. The fourth-order valence-electron chi connectivity index (χ4n) is 1.42. The third kappa shape index (κ3) is 3.90. The van der Waals surface area contributed by atoms with Crippen LogP contribution in [0.5, 0.6) is 0 Å². The second-order valence-electron chi connectivity index (χ2n) is 3.61. The highest BCUT2D eigenvalue weighted by Crippen LogP contribution is 2.21. The minimum Gasteiger partial charge on any atom is -0.481 e. The molecule has 0 aliphatic carbocycles. The van der Waals surface area contributed by atoms with E-state index in [4.69, 9.17) is 9.52 Å². The normalized spacial score (nSPS) is 10.6. The summed E-state index contributed by atoms with van der Waals surface area (Å²) < 4.78 is 5.19. The van der Waals surface area contributed by atoms with Crippen LogP contribution in [-0.4, -0.2) is 33.5 Å². The molecule has 1 heterocycles. The number of nitrogens with zero attached hydrogens (tertiary/aromatic N) is 1. The lowest BCUT2D eigenvalue weighted by Crippen LogP contribution is -2.15. The molecule has 8 heteroatoms. The molecule has 0 saturated heterocycles. The lowest BCUT2D eigenvalue weighted by Gasteiger charge is -2.03. The first-order chi connectivity index (χ1) is 9.04. The number of carboxylic acids is 1. The van der Waals surface area contributed by atoms with E-state index in [-0.39, 0.29) is 22.6 Å². The molecule has 0 atom stereocenters. The minimum atomic E-state index is -0.942. The molecule has 1 aromatic carbocycles. The average Bonchev–Trinajstić information content (AvgIpc) is 2.67. The number of nitrogens with one attached hydrogen (secondary N) is 1. The quantitative estimate of drug-likeness (QED) is 0.730. The third-order valence-corrected chi connectivity index (χ3v) is 3.23. The van der Waals surface area contributed by atoms with Gasteiger partial charge in [-0.25, -0.2) is 4.98 Å². The number of benzene rings is 1. The van der Waals surface area contributed by atoms with Gasteiger partial charge in [0.15, 0.2) is 5.58 Å². The number of carbonyl (C=O) groups is 2. The first-order valence-corrected chi connectivity index (χ1v) is 6.84. The molecule has 0 bridgehead atoms. The van der Waals surface area contributed by atoms with E-state index < -0.39 is 5.97 Å². The number of rotatable bonds is 5. The van der Waals surface area contributed by atoms with Crippen molar-refractivity contribution in [2.45, 2.75) is 5.22 Å². The van der Waals surface area contributed by atoms with Crippen LogP contribution >= 0.6 is 24.4 Å². The Bertz CT molecular complexity index is 626. The van der Waals surface area contributed by atoms with Crippen molar-refractivity contribution in [3.8, 4) is 0 Å². The Morgan fingerprint density at radius 1 is 1.42 bits per heavy atom. The van der Waals surface area contributed by atoms with Gasteiger partial charge >= 0.3 is 5.97 Å². The number of carbonyl (C=O) groups excluding carboxylic acids is 1. The third-order valence-electron chi connectivity index (χ3n) is 2.12. The monoisotopic (exact) mass is 298 g/mol. The number of hydrogen-bond acceptors (Lipinski definition) is 6. The summed E-state index contributed by atoms with van der Waals surface area (Å²) in [7, 11) is 0. The van der Waals surface area contributed by atoms with E-state index in [1.165, 1.54) is 0 Å². The number of aliphatic carboxylic acids is 1. The summed E-state index contributed by atoms with van der Waals surface area (Å²) in [6.07, 6.45) is 0. The van der Waals surface area contributed by atoms with E-state index in [0.29, 0.717) is 16.8 Å². The lowest BCUT2D eigenvalue weighted by molar-refractivity contribution is -0.133. The van der Waals surface area contributed by atoms with Gasteiger partial charge in [0.25, 0.3) is 5.22 Å². The molecule has 0 radical (unpaired) electrons. The van der Waals surface area contributed by atoms with Gasteiger partial charge in [0, 0.05) is 5.69 Å². The number of amides is 1. The second kappa shape index (κ2) is 5.98. The predicted octanol–water partition coefficient (Wildman–Crippen LogP) is 1.87. The summed E-state index contributed by atoms with van der Waals surface area (Å²) in [5.41, 5.74) is 1.76. The summed E-state index contributed by atoms with van der Waals surface area (Å²) in [4.78, 5) is 25.9. The smallest absolute Gasteiger partial charge is 0.313 e. The standard InChI is InChI=1S/C11H10N2O4S2/c14-9(4-19-5-10(15)16)12-6-1-2-8-7(3-6)13-11(18)17-8/h1-3H,4-5H2,(H,12,14)(H,13,18)(H,15,16). The van der Waals surface area contributed by atoms with Crippen LogP contribution in [0.3, 0.4) is 0 Å². The maximum Gasteiger partial charge on any atom is 0.313 e. The number of aromatic nitrogens is 1. The highest BCUT2D eigenvalue weighted by Gasteiger charge is 2.07. The molecule has 0 aliphatic heterocycles. The van der Waals surface area contributed by atoms with Gasteiger partial charge in [-0.2, -0.15) is 0 Å². The summed E-state index contributed by atoms with van der Waals surface area (Å²) in [5.74, 6) is -1.22. The van der Waals surface area contributed by atoms with Crippen molar-refractivity contribution in [1.29, 1.82) is 0 Å². The molecule has 1 aromatic heterocycles. The Morgan fingerprint density at radius 3 is 2.95 bits per heavy atom. The van der Waals surface area contributed by atoms with Gasteiger partial charge in [-0.3, -0.25) is 9.59 Å². The molecule has 2 N–H and O–H groups in total. The Morgan fingerprint density at radius 2 is 2.21 bits per heavy atom. The summed E-state index contributed by atoms with van der Waals surface area (Å²) in [5, 5.41) is 11.4. The summed E-state index contributed by atoms with van der Waals surface area (Å²) in [6.45, 7) is 0. The minimum absolute atomic E-state index is 0.0843. The van der Waals surface area contributed by atoms with Gasteiger partial charge in [0.05, 0.1) is 11.5 Å². The predicted molar refractivity (Wildman–Crippen MR) is 74.9 cm³/mol. The van der Waals surface area contributed by atoms with E-state index in [1.807, 2.05) is 0 Å². The van der Waals surface area contributed by atoms with Crippen molar-refractivity contribution < 1.29 is 19.1 Å². The number of carboxylic acid groups (broad SMARTS) is 1. The van der Waals surface area contributed by atoms with Crippen LogP contribution < -0.4 is 5.32 Å². The van der Waals surface area contributed by atoms with Crippen LogP contribution in [0.1, 0.15) is 0 Å². The lowest BCUT2D eigenvalue weighted by atomic mass is 10.3. The van der Waals surface area contributed by atoms with Gasteiger partial charge < -0.3 is 14.8 Å². The number of hydrogen-bond donors (Lipinski definition) is 3. The van der Waals surface area contributed by atoms with Gasteiger partial charge in [0.1, 0.15) is 5.52 Å². The van der Waals surface area contributed by atoms with Crippen LogP contribution in [0.4, 0.5) is 5.69 Å². The van der Waals surface area contributed by atoms with Gasteiger partial charge in [-0.05, 0) is 18.2 Å². The Balaban J connectivity index is 1.96. The van der Waals surface area contributed by atoms with Crippen molar-refractivity contribution >= 4 is 53.1 Å². The van der Waals surface area contributed by atoms with Crippen molar-refractivity contribution in [3.05, 3.63) is 18.2 Å². The van der Waals surface area contributed by atoms with Crippen LogP contribution in [0.2, 0.25) is 0 Å². The Hall–Kier alpha value is -1.67. The number of anilines is 1. The van der Waals surface area contributed by atoms with E-state index in [0.717, 1.165) is 11.8 Å². The second-order valence-corrected chi connectivity index (χ2v) is 4.98. The van der Waals surface area contributed by atoms with Gasteiger partial charge in [-0.1, -0.05) is 12.6 Å². The van der Waals surface area contributed by atoms with Crippen molar-refractivity contribution in [2.75, 3.05) is 16.8 Å². The number of fused-ring (bicyclic) bond motifs is 1. The maximum absolute atomic E-state index is 11.6. The highest BCUT2D eigenvalue weighted by molar-refractivity contribution is 8.00. The van der Waals surface area contributed by atoms with Crippen LogP contribution in [0.15, 0.2) is 27.8 Å². The number of oxazole rings is 1. The topological polar surface area (TPSA) is 92.4 Å². The largest absolute Gasteiger partial charge is 0.481 e. The summed E-state index contributed by atoms with van der Waals surface area (Å²) in [6, 6.07) is 5.03. The maximum atomic E-state index is 11.6. The van der Waals surface area contributed by atoms with E-state index >= 15 is 0 Å². The van der Waals surface area contributed by atoms with Gasteiger partial charge in [0.2, 0.25) is 5.91 Å². The molecular weight excluding hydrogens is 288 g/mol. The van der Waals surface area contributed by atoms with Crippen molar-refractivity contribution in [1.82, 2.24) is 4.98 Å². The van der Waals surface area contributed by atoms with E-state index in [1.54, 1.807) is 18.2 Å².